The van der Waals surface area contributed by atoms with Crippen LogP contribution in [0.1, 0.15) is 36.3 Å². The zero-order chi connectivity index (χ0) is 24.9. The smallest absolute Gasteiger partial charge is 0.325 e. The van der Waals surface area contributed by atoms with Crippen molar-refractivity contribution in [3.05, 3.63) is 77.3 Å². The molecule has 0 radical (unpaired) electrons. The van der Waals surface area contributed by atoms with E-state index in [9.17, 15) is 14.4 Å². The Morgan fingerprint density at radius 3 is 2.53 bits per heavy atom. The van der Waals surface area contributed by atoms with Crippen LogP contribution in [0.25, 0.3) is 21.0 Å². The minimum absolute atomic E-state index is 0.205. The first-order valence-corrected chi connectivity index (χ1v) is 13.0. The van der Waals surface area contributed by atoms with Crippen LogP contribution in [-0.2, 0) is 15.1 Å². The van der Waals surface area contributed by atoms with Crippen molar-refractivity contribution in [3.63, 3.8) is 0 Å². The van der Waals surface area contributed by atoms with Gasteiger partial charge in [0.05, 0.1) is 15.2 Å². The van der Waals surface area contributed by atoms with Crippen LogP contribution in [0, 0.1) is 0 Å². The lowest BCUT2D eigenvalue weighted by Gasteiger charge is -2.32. The van der Waals surface area contributed by atoms with Gasteiger partial charge in [-0.1, -0.05) is 48.5 Å². The fourth-order valence-electron chi connectivity index (χ4n) is 5.21. The van der Waals surface area contributed by atoms with E-state index in [4.69, 9.17) is 4.98 Å². The Morgan fingerprint density at radius 1 is 1.03 bits per heavy atom. The second-order valence-electron chi connectivity index (χ2n) is 9.68. The highest BCUT2D eigenvalue weighted by Crippen LogP contribution is 2.34. The number of thiazole rings is 1. The van der Waals surface area contributed by atoms with Gasteiger partial charge in [0, 0.05) is 19.0 Å². The number of hydrogen-bond donors (Lipinski definition) is 1. The number of fused-ring (bicyclic) bond motifs is 2. The van der Waals surface area contributed by atoms with Crippen molar-refractivity contribution in [2.24, 2.45) is 0 Å². The maximum atomic E-state index is 13.4. The Balaban J connectivity index is 1.12. The van der Waals surface area contributed by atoms with Crippen LogP contribution in [0.2, 0.25) is 0 Å². The van der Waals surface area contributed by atoms with Crippen molar-refractivity contribution in [3.8, 4) is 0 Å². The molecule has 1 N–H and O–H groups in total. The molecule has 3 heterocycles. The predicted molar refractivity (Wildman–Crippen MR) is 140 cm³/mol. The number of para-hydroxylation sites is 1. The highest BCUT2D eigenvalue weighted by atomic mass is 32.1. The van der Waals surface area contributed by atoms with Crippen LogP contribution in [0.4, 0.5) is 4.79 Å². The summed E-state index contributed by atoms with van der Waals surface area (Å²) in [6, 6.07) is 21.2. The monoisotopic (exact) mass is 498 g/mol. The summed E-state index contributed by atoms with van der Waals surface area (Å²) < 4.78 is 1.18. The van der Waals surface area contributed by atoms with E-state index in [2.05, 4.69) is 11.4 Å². The summed E-state index contributed by atoms with van der Waals surface area (Å²) in [7, 11) is 0. The van der Waals surface area contributed by atoms with Crippen LogP contribution >= 0.6 is 11.3 Å². The molecular weight excluding hydrogens is 472 g/mol. The van der Waals surface area contributed by atoms with Gasteiger partial charge in [-0.15, -0.1) is 11.3 Å². The molecule has 0 bridgehead atoms. The molecule has 1 aromatic heterocycles. The van der Waals surface area contributed by atoms with Gasteiger partial charge in [-0.3, -0.25) is 14.5 Å². The quantitative estimate of drug-likeness (QED) is 0.416. The Kier molecular flexibility index (Phi) is 5.48. The first-order chi connectivity index (χ1) is 17.4. The van der Waals surface area contributed by atoms with Crippen molar-refractivity contribution in [1.82, 2.24) is 20.1 Å². The second-order valence-corrected chi connectivity index (χ2v) is 10.7. The maximum Gasteiger partial charge on any atom is 0.325 e. The van der Waals surface area contributed by atoms with Crippen molar-refractivity contribution in [2.45, 2.75) is 31.2 Å². The van der Waals surface area contributed by atoms with Crippen LogP contribution in [0.15, 0.2) is 66.7 Å². The van der Waals surface area contributed by atoms with E-state index in [0.717, 1.165) is 39.0 Å². The summed E-state index contributed by atoms with van der Waals surface area (Å²) in [6.45, 7) is 2.63. The molecule has 2 aliphatic rings. The maximum absolute atomic E-state index is 13.4. The van der Waals surface area contributed by atoms with Crippen LogP contribution in [0.5, 0.6) is 0 Å². The van der Waals surface area contributed by atoms with E-state index in [1.165, 1.54) is 4.70 Å². The Labute approximate surface area is 212 Å². The lowest BCUT2D eigenvalue weighted by atomic mass is 9.90. The molecule has 4 amide bonds. The standard InChI is InChI=1S/C28H26N4O3S/c1-28(21-11-10-18-6-2-3-7-20(18)16-21)26(34)32(27(35)30-28)17-24(33)31-14-12-19(13-15-31)25-29-22-8-4-5-9-23(22)36-25/h2-11,16,19H,12-15,17H2,1H3,(H,30,35). The van der Waals surface area contributed by atoms with E-state index in [0.29, 0.717) is 24.6 Å². The highest BCUT2D eigenvalue weighted by molar-refractivity contribution is 7.18. The molecule has 4 aromatic rings. The van der Waals surface area contributed by atoms with Gasteiger partial charge >= 0.3 is 6.03 Å². The van der Waals surface area contributed by atoms with Gasteiger partial charge in [0.15, 0.2) is 0 Å². The Morgan fingerprint density at radius 2 is 1.75 bits per heavy atom. The fourth-order valence-corrected chi connectivity index (χ4v) is 6.35. The van der Waals surface area contributed by atoms with E-state index in [1.54, 1.807) is 23.2 Å². The third kappa shape index (κ3) is 3.82. The largest absolute Gasteiger partial charge is 0.341 e. The van der Waals surface area contributed by atoms with E-state index >= 15 is 0 Å². The molecule has 36 heavy (non-hydrogen) atoms. The van der Waals surface area contributed by atoms with Gasteiger partial charge in [-0.25, -0.2) is 9.78 Å². The minimum atomic E-state index is -1.21. The average Bonchev–Trinajstić information content (AvgIpc) is 3.43. The number of rotatable bonds is 4. The van der Waals surface area contributed by atoms with Gasteiger partial charge < -0.3 is 10.2 Å². The number of carbonyl (C=O) groups excluding carboxylic acids is 3. The van der Waals surface area contributed by atoms with Gasteiger partial charge in [0.25, 0.3) is 5.91 Å². The van der Waals surface area contributed by atoms with Crippen LogP contribution < -0.4 is 5.32 Å². The topological polar surface area (TPSA) is 82.6 Å². The normalized spacial score (nSPS) is 20.9. The number of imide groups is 1. The average molecular weight is 499 g/mol. The third-order valence-corrected chi connectivity index (χ3v) is 8.60. The zero-order valence-electron chi connectivity index (χ0n) is 19.9. The summed E-state index contributed by atoms with van der Waals surface area (Å²) >= 11 is 1.72. The number of urea groups is 1. The molecule has 1 atom stereocenters. The molecule has 8 heteroatoms. The second kappa shape index (κ2) is 8.71. The van der Waals surface area contributed by atoms with E-state index in [1.807, 2.05) is 60.7 Å². The Bertz CT molecular complexity index is 1470. The number of benzene rings is 3. The fraction of sp³-hybridized carbons (Fsp3) is 0.286. The SMILES string of the molecule is CC1(c2ccc3ccccc3c2)NC(=O)N(CC(=O)N2CCC(c3nc4ccccc4s3)CC2)C1=O. The molecule has 182 valence electrons. The van der Waals surface area contributed by atoms with Gasteiger partial charge in [0.1, 0.15) is 12.1 Å². The molecule has 2 fully saturated rings. The molecule has 2 aliphatic heterocycles. The highest BCUT2D eigenvalue weighted by Gasteiger charge is 2.49. The number of carbonyl (C=O) groups is 3. The van der Waals surface area contributed by atoms with Crippen molar-refractivity contribution >= 4 is 50.2 Å². The zero-order valence-corrected chi connectivity index (χ0v) is 20.8. The molecule has 2 saturated heterocycles. The lowest BCUT2D eigenvalue weighted by Crippen LogP contribution is -2.46. The summed E-state index contributed by atoms with van der Waals surface area (Å²) in [6.07, 6.45) is 1.64. The molecule has 6 rings (SSSR count). The van der Waals surface area contributed by atoms with Crippen molar-refractivity contribution in [2.75, 3.05) is 19.6 Å². The number of aromatic nitrogens is 1. The lowest BCUT2D eigenvalue weighted by molar-refractivity contribution is -0.139. The van der Waals surface area contributed by atoms with Crippen molar-refractivity contribution < 1.29 is 14.4 Å². The summed E-state index contributed by atoms with van der Waals surface area (Å²) in [5.41, 5.74) is 0.511. The van der Waals surface area contributed by atoms with Gasteiger partial charge in [-0.2, -0.15) is 0 Å². The molecule has 0 aliphatic carbocycles. The van der Waals surface area contributed by atoms with Crippen LogP contribution in [-0.4, -0.2) is 52.3 Å². The third-order valence-electron chi connectivity index (χ3n) is 7.40. The van der Waals surface area contributed by atoms with Gasteiger partial charge in [-0.05, 0) is 54.3 Å². The predicted octanol–water partition coefficient (Wildman–Crippen LogP) is 4.62. The molecule has 0 spiro atoms. The first kappa shape index (κ1) is 22.7. The summed E-state index contributed by atoms with van der Waals surface area (Å²) in [5.74, 6) is -0.288. The molecule has 0 saturated carbocycles. The number of piperidine rings is 1. The summed E-state index contributed by atoms with van der Waals surface area (Å²) in [5, 5.41) is 5.98. The number of amides is 4. The number of hydrogen-bond acceptors (Lipinski definition) is 5. The van der Waals surface area contributed by atoms with Crippen LogP contribution in [0.3, 0.4) is 0 Å². The molecule has 3 aromatic carbocycles. The molecular formula is C28H26N4O3S. The van der Waals surface area contributed by atoms with E-state index in [-0.39, 0.29) is 12.5 Å². The number of nitrogens with one attached hydrogen (secondary N) is 1. The van der Waals surface area contributed by atoms with Gasteiger partial charge in [0.2, 0.25) is 5.91 Å². The number of likely N-dealkylation sites (tertiary alicyclic amines) is 1. The minimum Gasteiger partial charge on any atom is -0.341 e. The number of nitrogens with zero attached hydrogens (tertiary/aromatic N) is 3. The molecule has 1 unspecified atom stereocenters. The van der Waals surface area contributed by atoms with Crippen molar-refractivity contribution in [1.29, 1.82) is 0 Å². The molecule has 7 nitrogen and oxygen atoms in total. The first-order valence-electron chi connectivity index (χ1n) is 12.2. The summed E-state index contributed by atoms with van der Waals surface area (Å²) in [4.78, 5) is 46.9. The van der Waals surface area contributed by atoms with E-state index < -0.39 is 17.5 Å². The Hall–Kier alpha value is -3.78.